The Hall–Kier alpha value is -2.75. The van der Waals surface area contributed by atoms with E-state index >= 15 is 0 Å². The molecule has 34 heavy (non-hydrogen) atoms. The third-order valence-corrected chi connectivity index (χ3v) is 8.61. The summed E-state index contributed by atoms with van der Waals surface area (Å²) in [4.78, 5) is 19.5. The van der Waals surface area contributed by atoms with Gasteiger partial charge in [0, 0.05) is 39.0 Å². The Morgan fingerprint density at radius 2 is 1.82 bits per heavy atom. The fourth-order valence-electron chi connectivity index (χ4n) is 4.06. The minimum Gasteiger partial charge on any atom is -0.376 e. The van der Waals surface area contributed by atoms with E-state index in [0.717, 1.165) is 36.4 Å². The van der Waals surface area contributed by atoms with Crippen molar-refractivity contribution in [2.75, 3.05) is 37.4 Å². The van der Waals surface area contributed by atoms with E-state index in [-0.39, 0.29) is 17.2 Å². The number of carbonyl (C=O) groups is 1. The second-order valence-corrected chi connectivity index (χ2v) is 11.5. The van der Waals surface area contributed by atoms with Gasteiger partial charge in [-0.2, -0.15) is 4.31 Å². The van der Waals surface area contributed by atoms with Crippen molar-refractivity contribution in [3.8, 4) is 0 Å². The second-order valence-electron chi connectivity index (χ2n) is 8.66. The number of aromatic nitrogens is 1. The third kappa shape index (κ3) is 5.84. The Kier molecular flexibility index (Phi) is 7.65. The molecule has 4 rings (SSSR count). The van der Waals surface area contributed by atoms with Crippen LogP contribution in [0.2, 0.25) is 0 Å². The van der Waals surface area contributed by atoms with Crippen LogP contribution in [0.5, 0.6) is 0 Å². The number of benzene rings is 2. The van der Waals surface area contributed by atoms with Crippen LogP contribution in [0.4, 0.5) is 11.4 Å². The average molecular weight is 499 g/mol. The van der Waals surface area contributed by atoms with Crippen molar-refractivity contribution in [3.05, 3.63) is 70.2 Å². The van der Waals surface area contributed by atoms with E-state index in [2.05, 4.69) is 22.4 Å². The largest absolute Gasteiger partial charge is 0.376 e. The minimum absolute atomic E-state index is 0.126. The number of amides is 1. The molecule has 2 heterocycles. The summed E-state index contributed by atoms with van der Waals surface area (Å²) in [5, 5.41) is 5.78. The SMILES string of the molecule is CN(C)c1ccc(S(=O)(=O)N2CCCCC2)cc1NC(=O)Cc1csc(Cc2ccccc2)n1. The van der Waals surface area contributed by atoms with Gasteiger partial charge in [0.1, 0.15) is 0 Å². The fourth-order valence-corrected chi connectivity index (χ4v) is 6.43. The zero-order chi connectivity index (χ0) is 24.1. The number of thiazole rings is 1. The van der Waals surface area contributed by atoms with Crippen molar-refractivity contribution in [2.45, 2.75) is 37.0 Å². The summed E-state index contributed by atoms with van der Waals surface area (Å²) in [5.41, 5.74) is 3.11. The number of sulfonamides is 1. The summed E-state index contributed by atoms with van der Waals surface area (Å²) in [6.07, 6.45) is 3.66. The van der Waals surface area contributed by atoms with Crippen molar-refractivity contribution in [2.24, 2.45) is 0 Å². The van der Waals surface area contributed by atoms with E-state index in [1.165, 1.54) is 21.2 Å². The molecule has 0 atom stereocenters. The first kappa shape index (κ1) is 24.4. The van der Waals surface area contributed by atoms with E-state index in [4.69, 9.17) is 0 Å². The van der Waals surface area contributed by atoms with Crippen molar-refractivity contribution in [1.29, 1.82) is 0 Å². The van der Waals surface area contributed by atoms with Gasteiger partial charge < -0.3 is 10.2 Å². The first-order valence-corrected chi connectivity index (χ1v) is 13.7. The molecule has 0 unspecified atom stereocenters. The lowest BCUT2D eigenvalue weighted by Gasteiger charge is -2.26. The molecule has 0 bridgehead atoms. The smallest absolute Gasteiger partial charge is 0.243 e. The standard InChI is InChI=1S/C25H30N4O3S2/c1-28(2)23-12-11-21(34(31,32)29-13-7-4-8-14-29)17-22(23)27-24(30)16-20-18-33-25(26-20)15-19-9-5-3-6-10-19/h3,5-6,9-12,17-18H,4,7-8,13-16H2,1-2H3,(H,27,30). The van der Waals surface area contributed by atoms with Crippen LogP contribution < -0.4 is 10.2 Å². The highest BCUT2D eigenvalue weighted by atomic mass is 32.2. The first-order valence-electron chi connectivity index (χ1n) is 11.4. The summed E-state index contributed by atoms with van der Waals surface area (Å²) in [5.74, 6) is -0.229. The monoisotopic (exact) mass is 498 g/mol. The van der Waals surface area contributed by atoms with Crippen LogP contribution in [-0.2, 0) is 27.7 Å². The summed E-state index contributed by atoms with van der Waals surface area (Å²) < 4.78 is 27.8. The second kappa shape index (κ2) is 10.7. The number of piperidine rings is 1. The highest BCUT2D eigenvalue weighted by Gasteiger charge is 2.27. The lowest BCUT2D eigenvalue weighted by Crippen LogP contribution is -2.35. The quantitative estimate of drug-likeness (QED) is 0.504. The van der Waals surface area contributed by atoms with Gasteiger partial charge in [-0.05, 0) is 36.6 Å². The average Bonchev–Trinajstić information content (AvgIpc) is 3.26. The Bertz CT molecular complexity index is 1230. The predicted octanol–water partition coefficient (Wildman–Crippen LogP) is 4.16. The number of hydrogen-bond acceptors (Lipinski definition) is 6. The molecule has 1 aliphatic rings. The van der Waals surface area contributed by atoms with Crippen molar-refractivity contribution < 1.29 is 13.2 Å². The zero-order valence-electron chi connectivity index (χ0n) is 19.5. The van der Waals surface area contributed by atoms with Gasteiger partial charge in [0.05, 0.1) is 33.4 Å². The summed E-state index contributed by atoms with van der Waals surface area (Å²) >= 11 is 1.54. The molecule has 9 heteroatoms. The van der Waals surface area contributed by atoms with Gasteiger partial charge in [-0.1, -0.05) is 36.8 Å². The maximum absolute atomic E-state index is 13.1. The van der Waals surface area contributed by atoms with Crippen LogP contribution in [-0.4, -0.2) is 50.8 Å². The maximum Gasteiger partial charge on any atom is 0.243 e. The predicted molar refractivity (Wildman–Crippen MR) is 137 cm³/mol. The topological polar surface area (TPSA) is 82.6 Å². The Balaban J connectivity index is 1.49. The van der Waals surface area contributed by atoms with Gasteiger partial charge in [-0.3, -0.25) is 4.79 Å². The van der Waals surface area contributed by atoms with Crippen molar-refractivity contribution in [1.82, 2.24) is 9.29 Å². The molecule has 1 saturated heterocycles. The molecule has 1 aromatic heterocycles. The normalized spacial score (nSPS) is 14.6. The van der Waals surface area contributed by atoms with Gasteiger partial charge in [0.2, 0.25) is 15.9 Å². The van der Waals surface area contributed by atoms with Crippen LogP contribution >= 0.6 is 11.3 Å². The van der Waals surface area contributed by atoms with Crippen LogP contribution in [0, 0.1) is 0 Å². The van der Waals surface area contributed by atoms with E-state index < -0.39 is 10.0 Å². The molecule has 3 aromatic rings. The van der Waals surface area contributed by atoms with E-state index in [0.29, 0.717) is 24.5 Å². The lowest BCUT2D eigenvalue weighted by molar-refractivity contribution is -0.115. The van der Waals surface area contributed by atoms with E-state index in [9.17, 15) is 13.2 Å². The van der Waals surface area contributed by atoms with Crippen LogP contribution in [0.1, 0.15) is 35.5 Å². The van der Waals surface area contributed by atoms with Crippen LogP contribution in [0.15, 0.2) is 58.8 Å². The molecule has 7 nitrogen and oxygen atoms in total. The Labute approximate surface area is 205 Å². The molecule has 2 aromatic carbocycles. The number of rotatable bonds is 8. The summed E-state index contributed by atoms with van der Waals surface area (Å²) in [7, 11) is 0.127. The fraction of sp³-hybridized carbons (Fsp3) is 0.360. The van der Waals surface area contributed by atoms with Crippen molar-refractivity contribution >= 4 is 38.6 Å². The summed E-state index contributed by atoms with van der Waals surface area (Å²) in [6, 6.07) is 15.0. The molecule has 1 amide bonds. The highest BCUT2D eigenvalue weighted by Crippen LogP contribution is 2.30. The molecule has 0 spiro atoms. The lowest BCUT2D eigenvalue weighted by atomic mass is 10.2. The van der Waals surface area contributed by atoms with Gasteiger partial charge in [0.15, 0.2) is 0 Å². The van der Waals surface area contributed by atoms with E-state index in [1.54, 1.807) is 18.2 Å². The molecule has 0 aliphatic carbocycles. The Morgan fingerprint density at radius 1 is 1.09 bits per heavy atom. The maximum atomic E-state index is 13.1. The molecule has 1 N–H and O–H groups in total. The number of nitrogens with one attached hydrogen (secondary N) is 1. The molecular weight excluding hydrogens is 468 g/mol. The molecule has 0 saturated carbocycles. The van der Waals surface area contributed by atoms with Gasteiger partial charge in [-0.15, -0.1) is 11.3 Å². The highest BCUT2D eigenvalue weighted by molar-refractivity contribution is 7.89. The van der Waals surface area contributed by atoms with Crippen LogP contribution in [0.3, 0.4) is 0 Å². The summed E-state index contributed by atoms with van der Waals surface area (Å²) in [6.45, 7) is 1.07. The van der Waals surface area contributed by atoms with E-state index in [1.807, 2.05) is 42.6 Å². The Morgan fingerprint density at radius 3 is 2.53 bits per heavy atom. The van der Waals surface area contributed by atoms with Gasteiger partial charge in [0.25, 0.3) is 0 Å². The molecular formula is C25H30N4O3S2. The van der Waals surface area contributed by atoms with Crippen LogP contribution in [0.25, 0.3) is 0 Å². The number of carbonyl (C=O) groups excluding carboxylic acids is 1. The number of hydrogen-bond donors (Lipinski definition) is 1. The van der Waals surface area contributed by atoms with Gasteiger partial charge in [-0.25, -0.2) is 13.4 Å². The molecule has 1 aliphatic heterocycles. The minimum atomic E-state index is -3.60. The first-order chi connectivity index (χ1) is 16.3. The van der Waals surface area contributed by atoms with Gasteiger partial charge >= 0.3 is 0 Å². The molecule has 0 radical (unpaired) electrons. The molecule has 180 valence electrons. The van der Waals surface area contributed by atoms with Crippen molar-refractivity contribution in [3.63, 3.8) is 0 Å². The zero-order valence-corrected chi connectivity index (χ0v) is 21.2. The number of nitrogens with zero attached hydrogens (tertiary/aromatic N) is 3. The number of anilines is 2. The molecule has 1 fully saturated rings. The third-order valence-electron chi connectivity index (χ3n) is 5.82.